The van der Waals surface area contributed by atoms with Crippen LogP contribution in [0.5, 0.6) is 0 Å². The number of sulfonamides is 1. The van der Waals surface area contributed by atoms with Crippen LogP contribution in [-0.4, -0.2) is 26.3 Å². The molecule has 1 unspecified atom stereocenters. The lowest BCUT2D eigenvalue weighted by atomic mass is 10.1. The van der Waals surface area contributed by atoms with Crippen LogP contribution in [0.4, 0.5) is 5.69 Å². The molecule has 2 N–H and O–H groups in total. The first kappa shape index (κ1) is 15.8. The van der Waals surface area contributed by atoms with E-state index in [9.17, 15) is 8.42 Å². The van der Waals surface area contributed by atoms with Crippen LogP contribution in [0.1, 0.15) is 30.9 Å². The van der Waals surface area contributed by atoms with E-state index in [2.05, 4.69) is 26.0 Å². The fraction of sp³-hybridized carbons (Fsp3) is 0.571. The minimum Gasteiger partial charge on any atom is -0.313 e. The van der Waals surface area contributed by atoms with E-state index >= 15 is 0 Å². The Labute approximate surface area is 129 Å². The molecule has 1 aliphatic rings. The minimum atomic E-state index is -3.37. The van der Waals surface area contributed by atoms with Crippen LogP contribution < -0.4 is 10.0 Å². The van der Waals surface area contributed by atoms with Crippen LogP contribution in [0.2, 0.25) is 0 Å². The second kappa shape index (κ2) is 6.03. The first-order valence-electron chi connectivity index (χ1n) is 6.81. The van der Waals surface area contributed by atoms with Crippen LogP contribution in [-0.2, 0) is 10.0 Å². The molecule has 0 bridgehead atoms. The normalized spacial score (nSPS) is 17.0. The molecule has 1 aromatic carbocycles. The van der Waals surface area contributed by atoms with E-state index < -0.39 is 15.3 Å². The van der Waals surface area contributed by atoms with E-state index in [1.807, 2.05) is 26.0 Å². The largest absolute Gasteiger partial charge is 0.313 e. The van der Waals surface area contributed by atoms with E-state index in [1.54, 1.807) is 6.92 Å². The van der Waals surface area contributed by atoms with Gasteiger partial charge in [-0.25, -0.2) is 8.42 Å². The molecule has 1 saturated carbocycles. The van der Waals surface area contributed by atoms with Crippen molar-refractivity contribution in [2.75, 3.05) is 11.3 Å². The third kappa shape index (κ3) is 3.96. The average Bonchev–Trinajstić information content (AvgIpc) is 3.14. The Kier molecular flexibility index (Phi) is 4.76. The minimum absolute atomic E-state index is 0.453. The maximum Gasteiger partial charge on any atom is 0.236 e. The maximum absolute atomic E-state index is 12.4. The Hall–Kier alpha value is -0.590. The molecule has 112 valence electrons. The number of hydrogen-bond donors (Lipinski definition) is 2. The lowest BCUT2D eigenvalue weighted by Crippen LogP contribution is -2.36. The lowest BCUT2D eigenvalue weighted by molar-refractivity contribution is 0.576. The van der Waals surface area contributed by atoms with Crippen LogP contribution >= 0.6 is 15.9 Å². The third-order valence-corrected chi connectivity index (χ3v) is 5.72. The Morgan fingerprint density at radius 3 is 2.35 bits per heavy atom. The SMILES string of the molecule is Cc1cc(Br)cc(C)c1NS(=O)(=O)C(C)CNC1CC1. The Balaban J connectivity index is 2.10. The second-order valence-corrected chi connectivity index (χ2v) is 8.57. The molecule has 1 atom stereocenters. The van der Waals surface area contributed by atoms with E-state index in [-0.39, 0.29) is 0 Å². The molecule has 1 aromatic rings. The predicted molar refractivity (Wildman–Crippen MR) is 86.6 cm³/mol. The number of benzene rings is 1. The van der Waals surface area contributed by atoms with E-state index in [4.69, 9.17) is 0 Å². The van der Waals surface area contributed by atoms with Gasteiger partial charge in [0.15, 0.2) is 0 Å². The highest BCUT2D eigenvalue weighted by molar-refractivity contribution is 9.10. The molecule has 0 radical (unpaired) electrons. The van der Waals surface area contributed by atoms with E-state index in [1.165, 1.54) is 0 Å². The Bertz CT molecular complexity index is 574. The number of rotatable bonds is 6. The molecule has 0 heterocycles. The standard InChI is InChI=1S/C14H21BrN2O2S/c1-9-6-12(15)7-10(2)14(9)17-20(18,19)11(3)8-16-13-4-5-13/h6-7,11,13,16-17H,4-5,8H2,1-3H3. The van der Waals surface area contributed by atoms with Crippen LogP contribution in [0, 0.1) is 13.8 Å². The molecule has 6 heteroatoms. The smallest absolute Gasteiger partial charge is 0.236 e. The van der Waals surface area contributed by atoms with Gasteiger partial charge in [0.25, 0.3) is 0 Å². The van der Waals surface area contributed by atoms with Gasteiger partial charge in [-0.3, -0.25) is 4.72 Å². The second-order valence-electron chi connectivity index (χ2n) is 5.55. The van der Waals surface area contributed by atoms with Gasteiger partial charge in [0.05, 0.1) is 10.9 Å². The van der Waals surface area contributed by atoms with Crippen molar-refractivity contribution in [3.63, 3.8) is 0 Å². The molecular formula is C14H21BrN2O2S. The predicted octanol–water partition coefficient (Wildman–Crippen LogP) is 2.95. The fourth-order valence-electron chi connectivity index (χ4n) is 2.04. The lowest BCUT2D eigenvalue weighted by Gasteiger charge is -2.18. The Morgan fingerprint density at radius 1 is 1.30 bits per heavy atom. The van der Waals surface area contributed by atoms with Gasteiger partial charge in [-0.05, 0) is 56.9 Å². The van der Waals surface area contributed by atoms with Crippen molar-refractivity contribution < 1.29 is 8.42 Å². The van der Waals surface area contributed by atoms with Crippen LogP contribution in [0.25, 0.3) is 0 Å². The molecule has 0 saturated heterocycles. The molecule has 4 nitrogen and oxygen atoms in total. The van der Waals surface area contributed by atoms with Gasteiger partial charge in [-0.2, -0.15) is 0 Å². The Morgan fingerprint density at radius 2 is 1.85 bits per heavy atom. The summed E-state index contributed by atoms with van der Waals surface area (Å²) in [5, 5.41) is 2.81. The molecule has 0 aliphatic heterocycles. The number of anilines is 1. The first-order chi connectivity index (χ1) is 9.29. The number of halogens is 1. The molecule has 0 aromatic heterocycles. The van der Waals surface area contributed by atoms with Gasteiger partial charge in [0.1, 0.15) is 0 Å². The summed E-state index contributed by atoms with van der Waals surface area (Å²) in [6, 6.07) is 4.35. The zero-order chi connectivity index (χ0) is 14.9. The van der Waals surface area contributed by atoms with Gasteiger partial charge in [-0.1, -0.05) is 15.9 Å². The molecule has 0 spiro atoms. The van der Waals surface area contributed by atoms with Crippen molar-refractivity contribution in [2.45, 2.75) is 44.9 Å². The molecule has 2 rings (SSSR count). The van der Waals surface area contributed by atoms with Crippen molar-refractivity contribution in [3.8, 4) is 0 Å². The van der Waals surface area contributed by atoms with Crippen molar-refractivity contribution in [2.24, 2.45) is 0 Å². The molecule has 20 heavy (non-hydrogen) atoms. The first-order valence-corrected chi connectivity index (χ1v) is 9.15. The van der Waals surface area contributed by atoms with Crippen molar-refractivity contribution in [3.05, 3.63) is 27.7 Å². The number of aryl methyl sites for hydroxylation is 2. The molecule has 0 amide bonds. The van der Waals surface area contributed by atoms with Crippen LogP contribution in [0.3, 0.4) is 0 Å². The van der Waals surface area contributed by atoms with Crippen molar-refractivity contribution in [1.82, 2.24) is 5.32 Å². The zero-order valence-corrected chi connectivity index (χ0v) is 14.4. The maximum atomic E-state index is 12.4. The quantitative estimate of drug-likeness (QED) is 0.819. The highest BCUT2D eigenvalue weighted by atomic mass is 79.9. The summed E-state index contributed by atoms with van der Waals surface area (Å²) in [6.45, 7) is 6.04. The number of hydrogen-bond acceptors (Lipinski definition) is 3. The van der Waals surface area contributed by atoms with Crippen LogP contribution in [0.15, 0.2) is 16.6 Å². The summed E-state index contributed by atoms with van der Waals surface area (Å²) in [5.74, 6) is 0. The monoisotopic (exact) mass is 360 g/mol. The molecular weight excluding hydrogens is 340 g/mol. The fourth-order valence-corrected chi connectivity index (χ4v) is 3.85. The van der Waals surface area contributed by atoms with Crippen molar-refractivity contribution in [1.29, 1.82) is 0 Å². The van der Waals surface area contributed by atoms with E-state index in [0.717, 1.165) is 28.4 Å². The topological polar surface area (TPSA) is 58.2 Å². The summed E-state index contributed by atoms with van der Waals surface area (Å²) < 4.78 is 28.4. The molecule has 1 fully saturated rings. The van der Waals surface area contributed by atoms with Gasteiger partial charge in [0.2, 0.25) is 10.0 Å². The summed E-state index contributed by atoms with van der Waals surface area (Å²) in [7, 11) is -3.37. The summed E-state index contributed by atoms with van der Waals surface area (Å²) in [5.41, 5.74) is 2.53. The van der Waals surface area contributed by atoms with E-state index in [0.29, 0.717) is 18.3 Å². The third-order valence-electron chi connectivity index (χ3n) is 3.54. The highest BCUT2D eigenvalue weighted by Crippen LogP contribution is 2.26. The molecule has 1 aliphatic carbocycles. The van der Waals surface area contributed by atoms with Gasteiger partial charge in [0, 0.05) is 17.1 Å². The van der Waals surface area contributed by atoms with Gasteiger partial charge >= 0.3 is 0 Å². The van der Waals surface area contributed by atoms with Gasteiger partial charge in [-0.15, -0.1) is 0 Å². The number of nitrogens with one attached hydrogen (secondary N) is 2. The van der Waals surface area contributed by atoms with Gasteiger partial charge < -0.3 is 5.32 Å². The van der Waals surface area contributed by atoms with Crippen molar-refractivity contribution >= 4 is 31.6 Å². The summed E-state index contributed by atoms with van der Waals surface area (Å²) in [4.78, 5) is 0. The summed E-state index contributed by atoms with van der Waals surface area (Å²) >= 11 is 3.42. The highest BCUT2D eigenvalue weighted by Gasteiger charge is 2.26. The zero-order valence-electron chi connectivity index (χ0n) is 12.0. The average molecular weight is 361 g/mol. The summed E-state index contributed by atoms with van der Waals surface area (Å²) in [6.07, 6.45) is 2.32.